The van der Waals surface area contributed by atoms with Crippen LogP contribution in [0.5, 0.6) is 0 Å². The molecule has 8 heteroatoms. The van der Waals surface area contributed by atoms with Gasteiger partial charge in [-0.2, -0.15) is 5.10 Å². The minimum absolute atomic E-state index is 0.00942. The molecule has 3 aromatic heterocycles. The Morgan fingerprint density at radius 3 is 3.12 bits per heavy atom. The summed E-state index contributed by atoms with van der Waals surface area (Å²) in [5.41, 5.74) is 8.72. The van der Waals surface area contributed by atoms with E-state index in [-0.39, 0.29) is 6.23 Å². The van der Waals surface area contributed by atoms with Gasteiger partial charge >= 0.3 is 0 Å². The van der Waals surface area contributed by atoms with E-state index in [0.29, 0.717) is 12.4 Å². The first-order chi connectivity index (χ1) is 12.6. The Kier molecular flexibility index (Phi) is 4.80. The van der Waals surface area contributed by atoms with Crippen LogP contribution >= 0.6 is 11.3 Å². The number of aliphatic hydroxyl groups excluding tert-OH is 1. The number of aromatic nitrogens is 3. The molecule has 0 radical (unpaired) electrons. The van der Waals surface area contributed by atoms with Crippen molar-refractivity contribution in [2.24, 2.45) is 0 Å². The molecule has 1 aliphatic rings. The molecule has 7 nitrogen and oxygen atoms in total. The molecular weight excluding hydrogens is 350 g/mol. The second-order valence-corrected chi connectivity index (χ2v) is 7.68. The number of nitrogen functional groups attached to an aromatic ring is 1. The van der Waals surface area contributed by atoms with Crippen molar-refractivity contribution in [3.8, 4) is 10.6 Å². The summed E-state index contributed by atoms with van der Waals surface area (Å²) in [5, 5.41) is 17.3. The van der Waals surface area contributed by atoms with Crippen molar-refractivity contribution in [3.63, 3.8) is 0 Å². The van der Waals surface area contributed by atoms with E-state index in [1.54, 1.807) is 18.3 Å². The van der Waals surface area contributed by atoms with Crippen LogP contribution in [0.1, 0.15) is 32.4 Å². The first-order valence-corrected chi connectivity index (χ1v) is 9.71. The Hall–Kier alpha value is -2.16. The smallest absolute Gasteiger partial charge is 0.150 e. The van der Waals surface area contributed by atoms with Gasteiger partial charge in [-0.3, -0.25) is 0 Å². The Bertz CT molecular complexity index is 898. The minimum Gasteiger partial charge on any atom is -0.392 e. The first-order valence-electron chi connectivity index (χ1n) is 8.89. The average molecular weight is 373 g/mol. The standard InChI is InChI=1S/C18H23N5O2S/c1-11(24)10-20-12-9-16(19)22-13-8-15(26-18(12)13)14-5-6-21-23(14)17-4-2-3-7-25-17/h5-6,8-9,11,17,24H,2-4,7,10H2,1H3,(H3,19,20,22)/t11-,17?/m1/s1. The lowest BCUT2D eigenvalue weighted by molar-refractivity contribution is -0.0383. The number of nitrogens with two attached hydrogens (primary N) is 1. The predicted octanol–water partition coefficient (Wildman–Crippen LogP) is 3.23. The molecule has 1 saturated heterocycles. The second-order valence-electron chi connectivity index (χ2n) is 6.63. The van der Waals surface area contributed by atoms with E-state index in [0.717, 1.165) is 52.3 Å². The summed E-state index contributed by atoms with van der Waals surface area (Å²) in [6, 6.07) is 5.86. The first kappa shape index (κ1) is 17.3. The molecule has 0 bridgehead atoms. The lowest BCUT2D eigenvalue weighted by atomic mass is 10.2. The number of anilines is 2. The summed E-state index contributed by atoms with van der Waals surface area (Å²) in [6.07, 6.45) is 4.60. The quantitative estimate of drug-likeness (QED) is 0.635. The fourth-order valence-corrected chi connectivity index (χ4v) is 4.32. The number of ether oxygens (including phenoxy) is 1. The number of fused-ring (bicyclic) bond motifs is 1. The summed E-state index contributed by atoms with van der Waals surface area (Å²) < 4.78 is 8.88. The van der Waals surface area contributed by atoms with Gasteiger partial charge in [0.1, 0.15) is 5.82 Å². The van der Waals surface area contributed by atoms with Gasteiger partial charge in [-0.05, 0) is 38.3 Å². The average Bonchev–Trinajstić information content (AvgIpc) is 3.26. The topological polar surface area (TPSA) is 98.2 Å². The van der Waals surface area contributed by atoms with Crippen LogP contribution in [0.2, 0.25) is 0 Å². The van der Waals surface area contributed by atoms with Gasteiger partial charge in [-0.15, -0.1) is 11.3 Å². The molecule has 26 heavy (non-hydrogen) atoms. The number of nitrogens with one attached hydrogen (secondary N) is 1. The van der Waals surface area contributed by atoms with Crippen molar-refractivity contribution < 1.29 is 9.84 Å². The lowest BCUT2D eigenvalue weighted by Gasteiger charge is -2.24. The maximum absolute atomic E-state index is 9.56. The SMILES string of the molecule is C[C@@H](O)CNc1cc(N)nc2cc(-c3ccnn3C3CCCCO3)sc12. The zero-order valence-electron chi connectivity index (χ0n) is 14.7. The highest BCUT2D eigenvalue weighted by Gasteiger charge is 2.21. The van der Waals surface area contributed by atoms with Gasteiger partial charge in [0.2, 0.25) is 0 Å². The van der Waals surface area contributed by atoms with Gasteiger partial charge in [-0.25, -0.2) is 9.67 Å². The molecule has 1 fully saturated rings. The van der Waals surface area contributed by atoms with E-state index in [2.05, 4.69) is 15.4 Å². The van der Waals surface area contributed by atoms with Crippen molar-refractivity contribution in [3.05, 3.63) is 24.4 Å². The van der Waals surface area contributed by atoms with Crippen LogP contribution in [0.3, 0.4) is 0 Å². The van der Waals surface area contributed by atoms with Gasteiger partial charge in [0.05, 0.1) is 32.6 Å². The fraction of sp³-hybridized carbons (Fsp3) is 0.444. The minimum atomic E-state index is -0.441. The summed E-state index contributed by atoms with van der Waals surface area (Å²) in [6.45, 7) is 2.98. The summed E-state index contributed by atoms with van der Waals surface area (Å²) in [5.74, 6) is 0.457. The van der Waals surface area contributed by atoms with Gasteiger partial charge in [-0.1, -0.05) is 0 Å². The molecule has 4 N–H and O–H groups in total. The number of thiophene rings is 1. The molecule has 2 atom stereocenters. The number of nitrogens with zero attached hydrogens (tertiary/aromatic N) is 3. The van der Waals surface area contributed by atoms with Crippen molar-refractivity contribution in [2.75, 3.05) is 24.2 Å². The van der Waals surface area contributed by atoms with Gasteiger partial charge in [0, 0.05) is 25.4 Å². The largest absolute Gasteiger partial charge is 0.392 e. The molecule has 4 heterocycles. The molecule has 0 saturated carbocycles. The molecule has 0 aromatic carbocycles. The summed E-state index contributed by atoms with van der Waals surface area (Å²) in [7, 11) is 0. The van der Waals surface area contributed by atoms with Gasteiger partial charge < -0.3 is 20.9 Å². The van der Waals surface area contributed by atoms with Crippen LogP contribution in [0.4, 0.5) is 11.5 Å². The van der Waals surface area contributed by atoms with E-state index in [1.165, 1.54) is 0 Å². The number of hydrogen-bond acceptors (Lipinski definition) is 7. The van der Waals surface area contributed by atoms with Crippen LogP contribution in [0.25, 0.3) is 20.8 Å². The van der Waals surface area contributed by atoms with E-state index < -0.39 is 6.10 Å². The van der Waals surface area contributed by atoms with Crippen LogP contribution in [0, 0.1) is 0 Å². The normalized spacial score (nSPS) is 18.9. The molecular formula is C18H23N5O2S. The number of rotatable bonds is 5. The lowest BCUT2D eigenvalue weighted by Crippen LogP contribution is -2.19. The third-order valence-corrected chi connectivity index (χ3v) is 5.62. The van der Waals surface area contributed by atoms with E-state index >= 15 is 0 Å². The maximum Gasteiger partial charge on any atom is 0.150 e. The zero-order valence-corrected chi connectivity index (χ0v) is 15.5. The predicted molar refractivity (Wildman–Crippen MR) is 104 cm³/mol. The Morgan fingerprint density at radius 1 is 1.46 bits per heavy atom. The van der Waals surface area contributed by atoms with E-state index in [9.17, 15) is 5.11 Å². The summed E-state index contributed by atoms with van der Waals surface area (Å²) >= 11 is 1.64. The Balaban J connectivity index is 1.72. The molecule has 1 unspecified atom stereocenters. The molecule has 3 aromatic rings. The van der Waals surface area contributed by atoms with Crippen molar-refractivity contribution in [1.29, 1.82) is 0 Å². The molecule has 0 spiro atoms. The Labute approximate surface area is 155 Å². The third-order valence-electron chi connectivity index (χ3n) is 4.44. The second kappa shape index (κ2) is 7.22. The molecule has 138 valence electrons. The van der Waals surface area contributed by atoms with E-state index in [4.69, 9.17) is 10.5 Å². The number of pyridine rings is 1. The molecule has 0 amide bonds. The highest BCUT2D eigenvalue weighted by molar-refractivity contribution is 7.22. The monoisotopic (exact) mass is 373 g/mol. The molecule has 0 aliphatic carbocycles. The van der Waals surface area contributed by atoms with Crippen molar-refractivity contribution in [1.82, 2.24) is 14.8 Å². The van der Waals surface area contributed by atoms with Gasteiger partial charge in [0.25, 0.3) is 0 Å². The third kappa shape index (κ3) is 3.40. The van der Waals surface area contributed by atoms with Crippen LogP contribution in [-0.2, 0) is 4.74 Å². The maximum atomic E-state index is 9.56. The van der Waals surface area contributed by atoms with Crippen molar-refractivity contribution in [2.45, 2.75) is 38.5 Å². The van der Waals surface area contributed by atoms with Gasteiger partial charge in [0.15, 0.2) is 6.23 Å². The fourth-order valence-electron chi connectivity index (χ4n) is 3.21. The van der Waals surface area contributed by atoms with Crippen LogP contribution in [0.15, 0.2) is 24.4 Å². The number of aliphatic hydroxyl groups is 1. The zero-order chi connectivity index (χ0) is 18.1. The summed E-state index contributed by atoms with van der Waals surface area (Å²) in [4.78, 5) is 5.53. The van der Waals surface area contributed by atoms with Crippen molar-refractivity contribution >= 4 is 33.1 Å². The Morgan fingerprint density at radius 2 is 2.35 bits per heavy atom. The van der Waals surface area contributed by atoms with Crippen LogP contribution < -0.4 is 11.1 Å². The number of hydrogen-bond donors (Lipinski definition) is 3. The highest BCUT2D eigenvalue weighted by Crippen LogP contribution is 2.39. The highest BCUT2D eigenvalue weighted by atomic mass is 32.1. The van der Waals surface area contributed by atoms with Crippen LogP contribution in [-0.4, -0.2) is 39.1 Å². The molecule has 1 aliphatic heterocycles. The molecule has 4 rings (SSSR count). The van der Waals surface area contributed by atoms with E-state index in [1.807, 2.05) is 29.1 Å².